The van der Waals surface area contributed by atoms with Crippen molar-refractivity contribution in [3.05, 3.63) is 33.9 Å². The predicted molar refractivity (Wildman–Crippen MR) is 68.2 cm³/mol. The van der Waals surface area contributed by atoms with Crippen molar-refractivity contribution in [1.82, 2.24) is 0 Å². The Morgan fingerprint density at radius 3 is 2.33 bits per heavy atom. The van der Waals surface area contributed by atoms with E-state index >= 15 is 0 Å². The number of nitrogens with zero attached hydrogens (tertiary/aromatic N) is 3. The molecular weight excluding hydrogens is 296 g/mol. The van der Waals surface area contributed by atoms with Gasteiger partial charge in [-0.3, -0.25) is 0 Å². The number of nitrogens with one attached hydrogen (secondary N) is 1. The average Bonchev–Trinajstić information content (AvgIpc) is 2.39. The van der Waals surface area contributed by atoms with Crippen molar-refractivity contribution < 1.29 is 4.74 Å². The maximum atomic E-state index is 8.88. The molecule has 0 saturated heterocycles. The van der Waals surface area contributed by atoms with Crippen LogP contribution in [-0.4, -0.2) is 7.11 Å². The van der Waals surface area contributed by atoms with Crippen LogP contribution in [0.1, 0.15) is 0 Å². The summed E-state index contributed by atoms with van der Waals surface area (Å²) >= 11 is 3.30. The Balaban J connectivity index is 3.10. The topological polar surface area (TPSA) is 92.6 Å². The number of nitriles is 3. The average molecular weight is 303 g/mol. The Bertz CT molecular complexity index is 600. The van der Waals surface area contributed by atoms with Crippen molar-refractivity contribution in [3.8, 4) is 24.0 Å². The molecule has 0 unspecified atom stereocenters. The molecule has 1 rings (SSSR count). The summed E-state index contributed by atoms with van der Waals surface area (Å²) in [7, 11) is 1.54. The van der Waals surface area contributed by atoms with Gasteiger partial charge in [0.2, 0.25) is 0 Å². The zero-order chi connectivity index (χ0) is 13.5. The maximum absolute atomic E-state index is 8.88. The van der Waals surface area contributed by atoms with E-state index < -0.39 is 0 Å². The summed E-state index contributed by atoms with van der Waals surface area (Å²) in [5, 5.41) is 29.0. The van der Waals surface area contributed by atoms with Crippen molar-refractivity contribution in [3.63, 3.8) is 0 Å². The van der Waals surface area contributed by atoms with Crippen LogP contribution in [0.4, 0.5) is 5.69 Å². The molecule has 0 radical (unpaired) electrons. The molecule has 1 N–H and O–H groups in total. The Labute approximate surface area is 113 Å². The highest BCUT2D eigenvalue weighted by molar-refractivity contribution is 9.10. The molecule has 0 spiro atoms. The molecule has 5 nitrogen and oxygen atoms in total. The van der Waals surface area contributed by atoms with E-state index in [1.807, 2.05) is 0 Å². The lowest BCUT2D eigenvalue weighted by atomic mass is 10.2. The molecule has 0 aliphatic heterocycles. The smallest absolute Gasteiger partial charge is 0.163 e. The number of hydrogen-bond acceptors (Lipinski definition) is 5. The van der Waals surface area contributed by atoms with Gasteiger partial charge in [0.1, 0.15) is 29.7 Å². The van der Waals surface area contributed by atoms with Crippen LogP contribution in [-0.2, 0) is 0 Å². The van der Waals surface area contributed by atoms with Crippen LogP contribution in [0.5, 0.6) is 5.75 Å². The van der Waals surface area contributed by atoms with Gasteiger partial charge in [0.15, 0.2) is 5.57 Å². The molecule has 0 aromatic heterocycles. The van der Waals surface area contributed by atoms with Crippen LogP contribution in [0.3, 0.4) is 0 Å². The van der Waals surface area contributed by atoms with Crippen molar-refractivity contribution in [2.45, 2.75) is 0 Å². The second-order valence-corrected chi connectivity index (χ2v) is 3.91. The summed E-state index contributed by atoms with van der Waals surface area (Å²) in [6.07, 6.45) is 0. The Hall–Kier alpha value is -2.49. The number of allylic oxidation sites excluding steroid dienone is 2. The lowest BCUT2D eigenvalue weighted by Gasteiger charge is -2.07. The third kappa shape index (κ3) is 3.01. The highest BCUT2D eigenvalue weighted by Gasteiger charge is 2.07. The van der Waals surface area contributed by atoms with Gasteiger partial charge >= 0.3 is 0 Å². The quantitative estimate of drug-likeness (QED) is 0.867. The van der Waals surface area contributed by atoms with Crippen LogP contribution in [0.25, 0.3) is 0 Å². The fourth-order valence-electron chi connectivity index (χ4n) is 1.17. The number of ether oxygens (including phenoxy) is 1. The highest BCUT2D eigenvalue weighted by Crippen LogP contribution is 2.28. The zero-order valence-electron chi connectivity index (χ0n) is 9.36. The number of halogens is 1. The summed E-state index contributed by atoms with van der Waals surface area (Å²) in [6, 6.07) is 10.1. The van der Waals surface area contributed by atoms with Gasteiger partial charge in [0.25, 0.3) is 0 Å². The van der Waals surface area contributed by atoms with E-state index in [1.165, 1.54) is 7.11 Å². The van der Waals surface area contributed by atoms with E-state index in [0.29, 0.717) is 15.9 Å². The minimum atomic E-state index is -0.260. The second-order valence-electron chi connectivity index (χ2n) is 3.06. The molecule has 0 aliphatic carbocycles. The van der Waals surface area contributed by atoms with Gasteiger partial charge in [-0.25, -0.2) is 0 Å². The summed E-state index contributed by atoms with van der Waals surface area (Å²) < 4.78 is 5.76. The van der Waals surface area contributed by atoms with Gasteiger partial charge in [-0.2, -0.15) is 15.8 Å². The van der Waals surface area contributed by atoms with Crippen LogP contribution in [0, 0.1) is 34.0 Å². The van der Waals surface area contributed by atoms with Gasteiger partial charge in [0.05, 0.1) is 11.6 Å². The van der Waals surface area contributed by atoms with Crippen LogP contribution in [0.2, 0.25) is 0 Å². The van der Waals surface area contributed by atoms with E-state index in [4.69, 9.17) is 20.5 Å². The fraction of sp³-hybridized carbons (Fsp3) is 0.0833. The summed E-state index contributed by atoms with van der Waals surface area (Å²) in [5.74, 6) is 0.642. The Morgan fingerprint density at radius 1 is 1.22 bits per heavy atom. The van der Waals surface area contributed by atoms with Crippen LogP contribution in [0.15, 0.2) is 33.9 Å². The third-order valence-corrected chi connectivity index (χ3v) is 2.63. The molecule has 18 heavy (non-hydrogen) atoms. The Kier molecular flexibility index (Phi) is 4.75. The first-order chi connectivity index (χ1) is 8.65. The second kappa shape index (κ2) is 6.30. The standard InChI is InChI=1S/C12H7BrN4O/c1-18-12-3-2-9(4-10(12)13)17-11(7-16)8(5-14)6-15/h2-4,17H,1H3. The first kappa shape index (κ1) is 13.6. The van der Waals surface area contributed by atoms with Crippen molar-refractivity contribution in [2.75, 3.05) is 12.4 Å². The van der Waals surface area contributed by atoms with Gasteiger partial charge in [-0.15, -0.1) is 0 Å². The molecule has 0 amide bonds. The summed E-state index contributed by atoms with van der Waals surface area (Å²) in [5.41, 5.74) is 0.226. The number of rotatable bonds is 3. The molecule has 1 aromatic carbocycles. The lowest BCUT2D eigenvalue weighted by Crippen LogP contribution is -2.00. The van der Waals surface area contributed by atoms with Crippen molar-refractivity contribution in [1.29, 1.82) is 15.8 Å². The maximum Gasteiger partial charge on any atom is 0.163 e. The van der Waals surface area contributed by atoms with Gasteiger partial charge < -0.3 is 10.1 Å². The number of methoxy groups -OCH3 is 1. The van der Waals surface area contributed by atoms with Gasteiger partial charge in [0, 0.05) is 5.69 Å². The molecule has 0 saturated carbocycles. The summed E-state index contributed by atoms with van der Waals surface area (Å²) in [4.78, 5) is 0. The minimum absolute atomic E-state index is 0.0860. The minimum Gasteiger partial charge on any atom is -0.496 e. The van der Waals surface area contributed by atoms with Crippen molar-refractivity contribution >= 4 is 21.6 Å². The molecule has 88 valence electrons. The fourth-order valence-corrected chi connectivity index (χ4v) is 1.71. The largest absolute Gasteiger partial charge is 0.496 e. The van der Waals surface area contributed by atoms with Crippen LogP contribution < -0.4 is 10.1 Å². The molecule has 1 aromatic rings. The van der Waals surface area contributed by atoms with E-state index in [9.17, 15) is 0 Å². The zero-order valence-corrected chi connectivity index (χ0v) is 10.9. The molecule has 0 aliphatic rings. The molecule has 6 heteroatoms. The molecule has 0 heterocycles. The Morgan fingerprint density at radius 2 is 1.89 bits per heavy atom. The van der Waals surface area contributed by atoms with E-state index in [1.54, 1.807) is 36.4 Å². The van der Waals surface area contributed by atoms with E-state index in [2.05, 4.69) is 21.2 Å². The molecular formula is C12H7BrN4O. The van der Waals surface area contributed by atoms with E-state index in [-0.39, 0.29) is 11.3 Å². The first-order valence-corrected chi connectivity index (χ1v) is 5.50. The van der Waals surface area contributed by atoms with Gasteiger partial charge in [-0.05, 0) is 34.1 Å². The molecule has 0 atom stereocenters. The lowest BCUT2D eigenvalue weighted by molar-refractivity contribution is 0.412. The first-order valence-electron chi connectivity index (χ1n) is 4.71. The third-order valence-electron chi connectivity index (χ3n) is 2.01. The number of benzene rings is 1. The van der Waals surface area contributed by atoms with Gasteiger partial charge in [-0.1, -0.05) is 0 Å². The van der Waals surface area contributed by atoms with E-state index in [0.717, 1.165) is 0 Å². The monoisotopic (exact) mass is 302 g/mol. The molecule has 0 fully saturated rings. The van der Waals surface area contributed by atoms with Crippen LogP contribution >= 0.6 is 15.9 Å². The highest BCUT2D eigenvalue weighted by atomic mass is 79.9. The normalized spacial score (nSPS) is 8.39. The SMILES string of the molecule is COc1ccc(NC(C#N)=C(C#N)C#N)cc1Br. The summed E-state index contributed by atoms with van der Waals surface area (Å²) in [6.45, 7) is 0. The van der Waals surface area contributed by atoms with Crippen molar-refractivity contribution in [2.24, 2.45) is 0 Å². The number of hydrogen-bond donors (Lipinski definition) is 1. The number of anilines is 1. The predicted octanol–water partition coefficient (Wildman–Crippen LogP) is 2.69. The molecule has 0 bridgehead atoms.